The van der Waals surface area contributed by atoms with Crippen LogP contribution in [0.25, 0.3) is 16.8 Å². The Bertz CT molecular complexity index is 1060. The van der Waals surface area contributed by atoms with Crippen molar-refractivity contribution in [3.63, 3.8) is 0 Å². The number of methoxy groups -OCH3 is 2. The van der Waals surface area contributed by atoms with E-state index in [1.807, 2.05) is 0 Å². The summed E-state index contributed by atoms with van der Waals surface area (Å²) in [5, 5.41) is 5.12. The molecule has 0 atom stereocenters. The number of hydrogen-bond donors (Lipinski definition) is 0. The number of rotatable bonds is 9. The lowest BCUT2D eigenvalue weighted by Gasteiger charge is -2.25. The normalized spacial score (nSPS) is 16.0. The van der Waals surface area contributed by atoms with Crippen molar-refractivity contribution >= 4 is 11.2 Å². The Morgan fingerprint density at radius 3 is 2.13 bits per heavy atom. The van der Waals surface area contributed by atoms with Crippen LogP contribution in [0.4, 0.5) is 5.69 Å². The Morgan fingerprint density at radius 2 is 1.61 bits per heavy atom. The molecule has 0 saturated heterocycles. The molecule has 0 unspecified atom stereocenters. The van der Waals surface area contributed by atoms with E-state index < -0.39 is 0 Å². The van der Waals surface area contributed by atoms with E-state index in [1.54, 1.807) is 14.2 Å². The van der Waals surface area contributed by atoms with Crippen molar-refractivity contribution in [1.82, 2.24) is 9.61 Å². The van der Waals surface area contributed by atoms with Crippen LogP contribution in [-0.2, 0) is 6.42 Å². The van der Waals surface area contributed by atoms with Gasteiger partial charge in [-0.15, -0.1) is 0 Å². The van der Waals surface area contributed by atoms with E-state index in [2.05, 4.69) is 53.6 Å². The van der Waals surface area contributed by atoms with Gasteiger partial charge in [-0.05, 0) is 80.7 Å². The molecule has 5 nitrogen and oxygen atoms in total. The third kappa shape index (κ3) is 3.86. The molecule has 0 amide bonds. The Kier molecular flexibility index (Phi) is 5.28. The first-order valence-corrected chi connectivity index (χ1v) is 11.6. The molecular weight excluding hydrogens is 386 g/mol. The monoisotopic (exact) mass is 419 g/mol. The molecule has 1 aromatic carbocycles. The predicted molar refractivity (Wildman–Crippen MR) is 126 cm³/mol. The summed E-state index contributed by atoms with van der Waals surface area (Å²) in [5.74, 6) is 3.32. The number of nitrogens with zero attached hydrogens (tertiary/aromatic N) is 3. The summed E-state index contributed by atoms with van der Waals surface area (Å²) < 4.78 is 13.7. The summed E-state index contributed by atoms with van der Waals surface area (Å²) in [4.78, 5) is 2.64. The molecule has 2 aromatic heterocycles. The Hall–Kier alpha value is -2.69. The van der Waals surface area contributed by atoms with E-state index in [-0.39, 0.29) is 0 Å². The van der Waals surface area contributed by atoms with Crippen molar-refractivity contribution < 1.29 is 9.47 Å². The van der Waals surface area contributed by atoms with Gasteiger partial charge in [-0.25, -0.2) is 4.52 Å². The SMILES string of the molecule is CCc1nn2c(-c3c(OC)cc(C)cc3OC)cccc2c1N(CC1CC1)CC1CC1. The molecule has 2 heterocycles. The second-order valence-electron chi connectivity index (χ2n) is 9.19. The zero-order valence-electron chi connectivity index (χ0n) is 19.1. The largest absolute Gasteiger partial charge is 0.496 e. The van der Waals surface area contributed by atoms with Gasteiger partial charge in [-0.1, -0.05) is 13.0 Å². The smallest absolute Gasteiger partial charge is 0.132 e. The molecule has 5 heteroatoms. The average molecular weight is 420 g/mol. The number of aromatic nitrogens is 2. The van der Waals surface area contributed by atoms with Gasteiger partial charge in [0.25, 0.3) is 0 Å². The zero-order chi connectivity index (χ0) is 21.5. The number of hydrogen-bond acceptors (Lipinski definition) is 4. The number of benzene rings is 1. The van der Waals surface area contributed by atoms with Gasteiger partial charge in [0, 0.05) is 13.1 Å². The molecular formula is C26H33N3O2. The Morgan fingerprint density at radius 1 is 1.00 bits per heavy atom. The van der Waals surface area contributed by atoms with E-state index in [9.17, 15) is 0 Å². The Balaban J connectivity index is 1.69. The highest BCUT2D eigenvalue weighted by Crippen LogP contribution is 2.42. The summed E-state index contributed by atoms with van der Waals surface area (Å²) in [6, 6.07) is 10.6. The minimum atomic E-state index is 0.812. The molecule has 5 rings (SSSR count). The molecule has 0 N–H and O–H groups in total. The third-order valence-electron chi connectivity index (χ3n) is 6.61. The maximum atomic E-state index is 5.77. The number of pyridine rings is 1. The first-order chi connectivity index (χ1) is 15.1. The van der Waals surface area contributed by atoms with Crippen LogP contribution >= 0.6 is 0 Å². The van der Waals surface area contributed by atoms with Crippen molar-refractivity contribution in [1.29, 1.82) is 0 Å². The van der Waals surface area contributed by atoms with E-state index >= 15 is 0 Å². The summed E-state index contributed by atoms with van der Waals surface area (Å²) in [7, 11) is 3.44. The van der Waals surface area contributed by atoms with Crippen LogP contribution in [-0.4, -0.2) is 36.9 Å². The fraction of sp³-hybridized carbons (Fsp3) is 0.500. The molecule has 31 heavy (non-hydrogen) atoms. The summed E-state index contributed by atoms with van der Waals surface area (Å²) >= 11 is 0. The lowest BCUT2D eigenvalue weighted by molar-refractivity contribution is 0.396. The maximum absolute atomic E-state index is 5.77. The molecule has 164 valence electrons. The van der Waals surface area contributed by atoms with Gasteiger partial charge < -0.3 is 14.4 Å². The number of ether oxygens (including phenoxy) is 2. The molecule has 2 fully saturated rings. The molecule has 3 aromatic rings. The summed E-state index contributed by atoms with van der Waals surface area (Å²) in [6.07, 6.45) is 6.38. The number of anilines is 1. The van der Waals surface area contributed by atoms with Gasteiger partial charge in [-0.2, -0.15) is 5.10 Å². The van der Waals surface area contributed by atoms with Gasteiger partial charge in [0.1, 0.15) is 11.5 Å². The minimum Gasteiger partial charge on any atom is -0.496 e. The van der Waals surface area contributed by atoms with Gasteiger partial charge in [-0.3, -0.25) is 0 Å². The first kappa shape index (κ1) is 20.2. The number of aryl methyl sites for hydroxylation is 2. The first-order valence-electron chi connectivity index (χ1n) is 11.6. The van der Waals surface area contributed by atoms with E-state index in [1.165, 1.54) is 42.6 Å². The highest BCUT2D eigenvalue weighted by Gasteiger charge is 2.32. The van der Waals surface area contributed by atoms with Crippen LogP contribution in [0, 0.1) is 18.8 Å². The van der Waals surface area contributed by atoms with Gasteiger partial charge in [0.2, 0.25) is 0 Å². The van der Waals surface area contributed by atoms with E-state index in [0.717, 1.165) is 59.7 Å². The van der Waals surface area contributed by atoms with E-state index in [4.69, 9.17) is 14.6 Å². The van der Waals surface area contributed by atoms with Crippen LogP contribution in [0.2, 0.25) is 0 Å². The van der Waals surface area contributed by atoms with Crippen molar-refractivity contribution in [2.45, 2.75) is 46.0 Å². The standard InChI is InChI=1S/C26H33N3O2/c1-5-20-26(28(15-18-9-10-18)16-19-11-12-19)22-8-6-7-21(29(22)27-20)25-23(30-3)13-17(2)14-24(25)31-4/h6-8,13-14,18-19H,5,9-12,15-16H2,1-4H3. The van der Waals surface area contributed by atoms with Crippen molar-refractivity contribution in [2.24, 2.45) is 11.8 Å². The van der Waals surface area contributed by atoms with Crippen molar-refractivity contribution in [3.05, 3.63) is 41.6 Å². The van der Waals surface area contributed by atoms with Gasteiger partial charge >= 0.3 is 0 Å². The molecule has 2 saturated carbocycles. The van der Waals surface area contributed by atoms with Crippen molar-refractivity contribution in [3.8, 4) is 22.8 Å². The lowest BCUT2D eigenvalue weighted by atomic mass is 10.1. The average Bonchev–Trinajstić information content (AvgIpc) is 3.71. The van der Waals surface area contributed by atoms with Gasteiger partial charge in [0.15, 0.2) is 0 Å². The van der Waals surface area contributed by atoms with Crippen LogP contribution in [0.5, 0.6) is 11.5 Å². The Labute approximate surface area is 185 Å². The summed E-state index contributed by atoms with van der Waals surface area (Å²) in [6.45, 7) is 6.59. The molecule has 0 aliphatic heterocycles. The van der Waals surface area contributed by atoms with Crippen LogP contribution in [0.3, 0.4) is 0 Å². The maximum Gasteiger partial charge on any atom is 0.132 e. The summed E-state index contributed by atoms with van der Waals surface area (Å²) in [5.41, 5.74) is 6.76. The molecule has 0 radical (unpaired) electrons. The molecule has 0 bridgehead atoms. The molecule has 2 aliphatic rings. The van der Waals surface area contributed by atoms with Crippen LogP contribution in [0.15, 0.2) is 30.3 Å². The zero-order valence-corrected chi connectivity index (χ0v) is 19.1. The van der Waals surface area contributed by atoms with Crippen molar-refractivity contribution in [2.75, 3.05) is 32.2 Å². The fourth-order valence-corrected chi connectivity index (χ4v) is 4.65. The minimum absolute atomic E-state index is 0.812. The number of fused-ring (bicyclic) bond motifs is 1. The molecule has 2 aliphatic carbocycles. The highest BCUT2D eigenvalue weighted by molar-refractivity contribution is 5.82. The quantitative estimate of drug-likeness (QED) is 0.458. The highest BCUT2D eigenvalue weighted by atomic mass is 16.5. The van der Waals surface area contributed by atoms with Gasteiger partial charge in [0.05, 0.1) is 42.4 Å². The van der Waals surface area contributed by atoms with E-state index in [0.29, 0.717) is 0 Å². The molecule has 0 spiro atoms. The van der Waals surface area contributed by atoms with Crippen LogP contribution in [0.1, 0.15) is 43.9 Å². The predicted octanol–water partition coefficient (Wildman–Crippen LogP) is 5.52. The topological polar surface area (TPSA) is 39.0 Å². The second kappa shape index (κ2) is 8.10. The second-order valence-corrected chi connectivity index (χ2v) is 9.19. The third-order valence-corrected chi connectivity index (χ3v) is 6.61. The van der Waals surface area contributed by atoms with Crippen LogP contribution < -0.4 is 14.4 Å². The fourth-order valence-electron chi connectivity index (χ4n) is 4.65. The lowest BCUT2D eigenvalue weighted by Crippen LogP contribution is -2.28.